The van der Waals surface area contributed by atoms with E-state index >= 15 is 0 Å². The van der Waals surface area contributed by atoms with E-state index in [1.165, 1.54) is 25.3 Å². The minimum atomic E-state index is -0.424. The van der Waals surface area contributed by atoms with Crippen molar-refractivity contribution < 1.29 is 14.3 Å². The van der Waals surface area contributed by atoms with Crippen LogP contribution < -0.4 is 4.74 Å². The van der Waals surface area contributed by atoms with Gasteiger partial charge in [-0.25, -0.2) is 4.79 Å². The van der Waals surface area contributed by atoms with Crippen LogP contribution in [0.15, 0.2) is 66.7 Å². The van der Waals surface area contributed by atoms with Gasteiger partial charge in [-0.3, -0.25) is 0 Å². The Labute approximate surface area is 223 Å². The van der Waals surface area contributed by atoms with Crippen LogP contribution in [0.2, 0.25) is 10.0 Å². The second kappa shape index (κ2) is 15.2. The molecule has 0 spiro atoms. The van der Waals surface area contributed by atoms with Gasteiger partial charge < -0.3 is 9.47 Å². The number of rotatable bonds is 14. The molecule has 3 aromatic carbocycles. The molecule has 0 aliphatic heterocycles. The Bertz CT molecular complexity index is 1140. The van der Waals surface area contributed by atoms with Crippen LogP contribution in [0.5, 0.6) is 5.75 Å². The van der Waals surface area contributed by atoms with Crippen molar-refractivity contribution in [2.24, 2.45) is 0 Å². The zero-order chi connectivity index (χ0) is 25.6. The Morgan fingerprint density at radius 1 is 0.722 bits per heavy atom. The summed E-state index contributed by atoms with van der Waals surface area (Å²) < 4.78 is 11.2. The minimum absolute atomic E-state index is 0.313. The minimum Gasteiger partial charge on any atom is -0.494 e. The Balaban J connectivity index is 1.17. The van der Waals surface area contributed by atoms with Crippen LogP contribution in [0.1, 0.15) is 67.3 Å². The third kappa shape index (κ3) is 9.22. The van der Waals surface area contributed by atoms with E-state index in [-0.39, 0.29) is 0 Å². The quantitative estimate of drug-likeness (QED) is 0.156. The number of esters is 1. The first-order chi connectivity index (χ1) is 17.6. The first-order valence-electron chi connectivity index (χ1n) is 12.4. The molecule has 0 heterocycles. The lowest BCUT2D eigenvalue weighted by Gasteiger charge is -2.08. The second-order valence-electron chi connectivity index (χ2n) is 8.65. The van der Waals surface area contributed by atoms with Crippen molar-refractivity contribution in [2.75, 3.05) is 13.2 Å². The molecule has 188 valence electrons. The highest BCUT2D eigenvalue weighted by molar-refractivity contribution is 6.35. The summed E-state index contributed by atoms with van der Waals surface area (Å²) in [6.45, 7) is 1.12. The molecule has 0 atom stereocenters. The molecule has 0 amide bonds. The van der Waals surface area contributed by atoms with Crippen molar-refractivity contribution in [3.63, 3.8) is 0 Å². The van der Waals surface area contributed by atoms with Crippen LogP contribution in [0.25, 0.3) is 11.1 Å². The molecule has 0 aliphatic carbocycles. The van der Waals surface area contributed by atoms with Gasteiger partial charge in [-0.2, -0.15) is 5.26 Å². The van der Waals surface area contributed by atoms with Crippen molar-refractivity contribution >= 4 is 29.2 Å². The zero-order valence-electron chi connectivity index (χ0n) is 20.3. The fraction of sp³-hybridized carbons (Fsp3) is 0.333. The highest BCUT2D eigenvalue weighted by Crippen LogP contribution is 2.23. The van der Waals surface area contributed by atoms with Gasteiger partial charge in [-0.15, -0.1) is 0 Å². The lowest BCUT2D eigenvalue weighted by molar-refractivity contribution is 0.0498. The summed E-state index contributed by atoms with van der Waals surface area (Å²) >= 11 is 11.9. The molecule has 0 saturated carbocycles. The molecular weight excluding hydrogens is 493 g/mol. The van der Waals surface area contributed by atoms with Crippen molar-refractivity contribution in [2.45, 2.75) is 51.4 Å². The van der Waals surface area contributed by atoms with E-state index < -0.39 is 5.97 Å². The smallest absolute Gasteiger partial charge is 0.339 e. The van der Waals surface area contributed by atoms with Gasteiger partial charge in [0.15, 0.2) is 0 Å². The molecular formula is C30H31Cl2NO3. The predicted molar refractivity (Wildman–Crippen MR) is 146 cm³/mol. The molecule has 0 unspecified atom stereocenters. The molecule has 4 nitrogen and oxygen atoms in total. The van der Waals surface area contributed by atoms with E-state index in [1.54, 1.807) is 12.1 Å². The lowest BCUT2D eigenvalue weighted by Crippen LogP contribution is -2.07. The molecule has 3 aromatic rings. The first-order valence-corrected chi connectivity index (χ1v) is 13.2. The average Bonchev–Trinajstić information content (AvgIpc) is 2.91. The summed E-state index contributed by atoms with van der Waals surface area (Å²) in [5.41, 5.74) is 3.17. The highest BCUT2D eigenvalue weighted by atomic mass is 35.5. The van der Waals surface area contributed by atoms with Gasteiger partial charge >= 0.3 is 5.97 Å². The average molecular weight is 524 g/mol. The molecule has 3 rings (SSSR count). The molecule has 0 bridgehead atoms. The maximum Gasteiger partial charge on any atom is 0.339 e. The number of hydrogen-bond acceptors (Lipinski definition) is 4. The topological polar surface area (TPSA) is 59.3 Å². The number of benzene rings is 3. The van der Waals surface area contributed by atoms with E-state index in [9.17, 15) is 4.79 Å². The van der Waals surface area contributed by atoms with Crippen LogP contribution in [-0.4, -0.2) is 19.2 Å². The summed E-state index contributed by atoms with van der Waals surface area (Å²) in [5, 5.41) is 9.73. The number of ether oxygens (including phenoxy) is 2. The number of nitriles is 1. The third-order valence-corrected chi connectivity index (χ3v) is 6.46. The van der Waals surface area contributed by atoms with E-state index in [0.29, 0.717) is 27.8 Å². The van der Waals surface area contributed by atoms with Crippen LogP contribution in [0, 0.1) is 11.3 Å². The Kier molecular flexibility index (Phi) is 11.6. The summed E-state index contributed by atoms with van der Waals surface area (Å²) in [4.78, 5) is 12.1. The van der Waals surface area contributed by atoms with Gasteiger partial charge in [0.25, 0.3) is 0 Å². The van der Waals surface area contributed by atoms with E-state index in [4.69, 9.17) is 37.9 Å². The third-order valence-electron chi connectivity index (χ3n) is 5.89. The number of halogens is 2. The SMILES string of the molecule is N#Cc1ccc(-c2ccc(OCCCCCCCCCCOC(=O)c3cc(Cl)ccc3Cl)cc2)cc1. The maximum atomic E-state index is 12.1. The molecule has 0 radical (unpaired) electrons. The van der Waals surface area contributed by atoms with Gasteiger partial charge in [0.2, 0.25) is 0 Å². The number of hydrogen-bond donors (Lipinski definition) is 0. The number of carbonyl (C=O) groups excluding carboxylic acids is 1. The Hall–Kier alpha value is -3.00. The molecule has 0 aromatic heterocycles. The monoisotopic (exact) mass is 523 g/mol. The van der Waals surface area contributed by atoms with E-state index in [1.807, 2.05) is 48.5 Å². The standard InChI is InChI=1S/C30H31Cl2NO3/c31-26-15-18-29(32)28(21-26)30(34)36-20-8-6-4-2-1-3-5-7-19-35-27-16-13-25(14-17-27)24-11-9-23(22-33)10-12-24/h9-18,21H,1-8,19-20H2. The summed E-state index contributed by atoms with van der Waals surface area (Å²) in [6, 6.07) is 22.6. The molecule has 0 N–H and O–H groups in total. The molecule has 0 fully saturated rings. The van der Waals surface area contributed by atoms with Crippen molar-refractivity contribution in [1.29, 1.82) is 5.26 Å². The second-order valence-corrected chi connectivity index (χ2v) is 9.49. The number of nitrogens with zero attached hydrogens (tertiary/aromatic N) is 1. The van der Waals surface area contributed by atoms with Crippen LogP contribution in [0.3, 0.4) is 0 Å². The normalized spacial score (nSPS) is 10.6. The summed E-state index contributed by atoms with van der Waals surface area (Å²) in [5.74, 6) is 0.456. The van der Waals surface area contributed by atoms with Crippen LogP contribution in [-0.2, 0) is 4.74 Å². The predicted octanol–water partition coefficient (Wildman–Crippen LogP) is 8.89. The van der Waals surface area contributed by atoms with E-state index in [2.05, 4.69) is 6.07 Å². The van der Waals surface area contributed by atoms with Gasteiger partial charge in [0, 0.05) is 5.02 Å². The Morgan fingerprint density at radius 3 is 1.89 bits per heavy atom. The molecule has 36 heavy (non-hydrogen) atoms. The van der Waals surface area contributed by atoms with Gasteiger partial charge in [-0.1, -0.05) is 86.0 Å². The number of carbonyl (C=O) groups is 1. The van der Waals surface area contributed by atoms with Crippen molar-refractivity contribution in [3.05, 3.63) is 87.9 Å². The van der Waals surface area contributed by atoms with Gasteiger partial charge in [0.1, 0.15) is 5.75 Å². The summed E-state index contributed by atoms with van der Waals surface area (Å²) in [7, 11) is 0. The molecule has 0 aliphatic rings. The van der Waals surface area contributed by atoms with E-state index in [0.717, 1.165) is 55.6 Å². The Morgan fingerprint density at radius 2 is 1.28 bits per heavy atom. The fourth-order valence-corrected chi connectivity index (χ4v) is 4.20. The van der Waals surface area contributed by atoms with Crippen LogP contribution >= 0.6 is 23.2 Å². The highest BCUT2D eigenvalue weighted by Gasteiger charge is 2.12. The first kappa shape index (κ1) is 27.6. The van der Waals surface area contributed by atoms with Crippen LogP contribution in [0.4, 0.5) is 0 Å². The maximum absolute atomic E-state index is 12.1. The largest absolute Gasteiger partial charge is 0.494 e. The molecule has 0 saturated heterocycles. The van der Waals surface area contributed by atoms with Gasteiger partial charge in [-0.05, 0) is 66.4 Å². The molecule has 6 heteroatoms. The van der Waals surface area contributed by atoms with Crippen molar-refractivity contribution in [3.8, 4) is 22.9 Å². The fourth-order valence-electron chi connectivity index (χ4n) is 3.83. The van der Waals surface area contributed by atoms with Gasteiger partial charge in [0.05, 0.1) is 35.4 Å². The number of unbranched alkanes of at least 4 members (excludes halogenated alkanes) is 7. The zero-order valence-corrected chi connectivity index (χ0v) is 21.9. The van der Waals surface area contributed by atoms with Crippen molar-refractivity contribution in [1.82, 2.24) is 0 Å². The summed E-state index contributed by atoms with van der Waals surface area (Å²) in [6.07, 6.45) is 8.81. The lowest BCUT2D eigenvalue weighted by atomic mass is 10.0.